The minimum atomic E-state index is -0.457. The zero-order valence-corrected chi connectivity index (χ0v) is 11.3. The van der Waals surface area contributed by atoms with Crippen LogP contribution in [0.5, 0.6) is 0 Å². The van der Waals surface area contributed by atoms with Gasteiger partial charge in [-0.3, -0.25) is 9.78 Å². The smallest absolute Gasteiger partial charge is 0.253 e. The Morgan fingerprint density at radius 3 is 2.75 bits per heavy atom. The second-order valence-electron chi connectivity index (χ2n) is 4.09. The van der Waals surface area contributed by atoms with Gasteiger partial charge >= 0.3 is 0 Å². The van der Waals surface area contributed by atoms with Gasteiger partial charge in [0.2, 0.25) is 0 Å². The van der Waals surface area contributed by atoms with Crippen molar-refractivity contribution in [3.63, 3.8) is 0 Å². The molecule has 1 amide bonds. The van der Waals surface area contributed by atoms with Gasteiger partial charge in [0.15, 0.2) is 0 Å². The average Bonchev–Trinajstić information content (AvgIpc) is 2.46. The van der Waals surface area contributed by atoms with Gasteiger partial charge in [0.1, 0.15) is 10.8 Å². The zero-order valence-electron chi connectivity index (χ0n) is 10.5. The van der Waals surface area contributed by atoms with E-state index in [1.165, 1.54) is 12.3 Å². The molecular weight excluding hydrogens is 277 g/mol. The maximum atomic E-state index is 13.8. The molecule has 0 saturated carbocycles. The lowest BCUT2D eigenvalue weighted by atomic mass is 10.1. The zero-order chi connectivity index (χ0) is 14.5. The fraction of sp³-hybridized carbons (Fsp3) is 0.0714. The molecule has 102 valence electrons. The Kier molecular flexibility index (Phi) is 4.37. The van der Waals surface area contributed by atoms with Crippen LogP contribution in [0.2, 0.25) is 0 Å². The quantitative estimate of drug-likeness (QED) is 0.842. The fourth-order valence-corrected chi connectivity index (χ4v) is 1.75. The van der Waals surface area contributed by atoms with E-state index in [1.807, 2.05) is 0 Å². The van der Waals surface area contributed by atoms with Crippen molar-refractivity contribution in [1.82, 2.24) is 10.3 Å². The molecule has 0 atom stereocenters. The van der Waals surface area contributed by atoms with E-state index >= 15 is 0 Å². The summed E-state index contributed by atoms with van der Waals surface area (Å²) in [4.78, 5) is 15.8. The van der Waals surface area contributed by atoms with Crippen LogP contribution in [-0.2, 0) is 6.54 Å². The molecule has 2 aromatic rings. The number of hydrogen-bond donors (Lipinski definition) is 2. The van der Waals surface area contributed by atoms with Gasteiger partial charge in [-0.15, -0.1) is 0 Å². The van der Waals surface area contributed by atoms with Crippen LogP contribution < -0.4 is 11.1 Å². The number of hydrogen-bond acceptors (Lipinski definition) is 3. The number of nitrogens with zero attached hydrogens (tertiary/aromatic N) is 1. The Morgan fingerprint density at radius 2 is 2.15 bits per heavy atom. The Balaban J connectivity index is 2.04. The monoisotopic (exact) mass is 289 g/mol. The van der Waals surface area contributed by atoms with Crippen LogP contribution in [0.3, 0.4) is 0 Å². The van der Waals surface area contributed by atoms with Crippen molar-refractivity contribution < 1.29 is 9.18 Å². The van der Waals surface area contributed by atoms with Gasteiger partial charge in [0, 0.05) is 30.1 Å². The van der Waals surface area contributed by atoms with Crippen molar-refractivity contribution in [2.75, 3.05) is 0 Å². The summed E-state index contributed by atoms with van der Waals surface area (Å²) in [7, 11) is 0. The molecule has 6 heteroatoms. The van der Waals surface area contributed by atoms with E-state index < -0.39 is 5.82 Å². The van der Waals surface area contributed by atoms with Gasteiger partial charge in [-0.25, -0.2) is 4.39 Å². The average molecular weight is 289 g/mol. The maximum absolute atomic E-state index is 13.8. The minimum Gasteiger partial charge on any atom is -0.389 e. The number of aromatic nitrogens is 1. The van der Waals surface area contributed by atoms with Crippen LogP contribution in [0.1, 0.15) is 21.5 Å². The second-order valence-corrected chi connectivity index (χ2v) is 4.53. The molecule has 0 saturated heterocycles. The minimum absolute atomic E-state index is 0.0805. The first-order valence-electron chi connectivity index (χ1n) is 5.84. The Hall–Kier alpha value is -2.34. The van der Waals surface area contributed by atoms with Crippen molar-refractivity contribution in [1.29, 1.82) is 0 Å². The van der Waals surface area contributed by atoms with Gasteiger partial charge in [-0.2, -0.15) is 0 Å². The van der Waals surface area contributed by atoms with Crippen molar-refractivity contribution in [3.05, 3.63) is 65.2 Å². The van der Waals surface area contributed by atoms with Gasteiger partial charge in [0.05, 0.1) is 5.56 Å². The number of benzene rings is 1. The predicted octanol–water partition coefficient (Wildman–Crippen LogP) is 1.78. The van der Waals surface area contributed by atoms with E-state index in [0.717, 1.165) is 0 Å². The van der Waals surface area contributed by atoms with Crippen LogP contribution in [0.25, 0.3) is 0 Å². The number of pyridine rings is 1. The molecule has 0 unspecified atom stereocenters. The summed E-state index contributed by atoms with van der Waals surface area (Å²) in [5.41, 5.74) is 6.66. The van der Waals surface area contributed by atoms with E-state index in [1.54, 1.807) is 30.5 Å². The maximum Gasteiger partial charge on any atom is 0.253 e. The lowest BCUT2D eigenvalue weighted by molar-refractivity contribution is 0.0950. The number of amides is 1. The summed E-state index contributed by atoms with van der Waals surface area (Å²) in [6.07, 6.45) is 3.02. The SMILES string of the molecule is NC(=S)c1ccc(CNC(=O)c2cccnc2)c(F)c1. The third-order valence-corrected chi connectivity index (χ3v) is 2.94. The van der Waals surface area contributed by atoms with Crippen LogP contribution in [-0.4, -0.2) is 15.9 Å². The summed E-state index contributed by atoms with van der Waals surface area (Å²) >= 11 is 4.77. The molecular formula is C14H12FN3OS. The number of thiocarbonyl (C=S) groups is 1. The van der Waals surface area contributed by atoms with Crippen LogP contribution in [0, 0.1) is 5.82 Å². The summed E-state index contributed by atoms with van der Waals surface area (Å²) in [6, 6.07) is 7.72. The number of halogens is 1. The molecule has 0 aliphatic heterocycles. The topological polar surface area (TPSA) is 68.0 Å². The highest BCUT2D eigenvalue weighted by molar-refractivity contribution is 7.80. The summed E-state index contributed by atoms with van der Waals surface area (Å²) in [6.45, 7) is 0.0805. The first-order chi connectivity index (χ1) is 9.58. The van der Waals surface area contributed by atoms with E-state index in [2.05, 4.69) is 10.3 Å². The molecule has 1 aromatic heterocycles. The van der Waals surface area contributed by atoms with Gasteiger partial charge in [-0.05, 0) is 18.2 Å². The number of nitrogens with two attached hydrogens (primary N) is 1. The summed E-state index contributed by atoms with van der Waals surface area (Å²) in [5.74, 6) is -0.766. The molecule has 0 aliphatic carbocycles. The van der Waals surface area contributed by atoms with Gasteiger partial charge < -0.3 is 11.1 Å². The van der Waals surface area contributed by atoms with Gasteiger partial charge in [0.25, 0.3) is 5.91 Å². The van der Waals surface area contributed by atoms with E-state index in [-0.39, 0.29) is 17.4 Å². The third-order valence-electron chi connectivity index (χ3n) is 2.70. The summed E-state index contributed by atoms with van der Waals surface area (Å²) < 4.78 is 13.8. The highest BCUT2D eigenvalue weighted by Crippen LogP contribution is 2.10. The highest BCUT2D eigenvalue weighted by atomic mass is 32.1. The molecule has 0 fully saturated rings. The van der Waals surface area contributed by atoms with Crippen molar-refractivity contribution in [2.24, 2.45) is 5.73 Å². The third kappa shape index (κ3) is 3.36. The fourth-order valence-electron chi connectivity index (χ4n) is 1.62. The normalized spacial score (nSPS) is 10.1. The Bertz CT molecular complexity index is 646. The molecule has 0 aliphatic rings. The first-order valence-corrected chi connectivity index (χ1v) is 6.25. The number of carbonyl (C=O) groups excluding carboxylic acids is 1. The lowest BCUT2D eigenvalue weighted by Crippen LogP contribution is -2.23. The molecule has 1 aromatic carbocycles. The second kappa shape index (κ2) is 6.21. The largest absolute Gasteiger partial charge is 0.389 e. The van der Waals surface area contributed by atoms with Crippen LogP contribution in [0.15, 0.2) is 42.7 Å². The molecule has 4 nitrogen and oxygen atoms in total. The Labute approximate surface area is 120 Å². The summed E-state index contributed by atoms with van der Waals surface area (Å²) in [5, 5.41) is 2.62. The van der Waals surface area contributed by atoms with E-state index in [4.69, 9.17) is 18.0 Å². The van der Waals surface area contributed by atoms with Crippen molar-refractivity contribution in [2.45, 2.75) is 6.54 Å². The number of nitrogens with one attached hydrogen (secondary N) is 1. The van der Waals surface area contributed by atoms with Crippen molar-refractivity contribution >= 4 is 23.1 Å². The molecule has 0 spiro atoms. The first kappa shape index (κ1) is 14.1. The highest BCUT2D eigenvalue weighted by Gasteiger charge is 2.08. The molecule has 3 N–H and O–H groups in total. The molecule has 2 rings (SSSR count). The molecule has 1 heterocycles. The molecule has 0 radical (unpaired) electrons. The molecule has 0 bridgehead atoms. The Morgan fingerprint density at radius 1 is 1.35 bits per heavy atom. The van der Waals surface area contributed by atoms with E-state index in [9.17, 15) is 9.18 Å². The van der Waals surface area contributed by atoms with Crippen LogP contribution in [0.4, 0.5) is 4.39 Å². The van der Waals surface area contributed by atoms with Gasteiger partial charge in [-0.1, -0.05) is 24.4 Å². The molecule has 20 heavy (non-hydrogen) atoms. The standard InChI is InChI=1S/C14H12FN3OS/c15-12-6-9(13(16)20)3-4-10(12)8-18-14(19)11-2-1-5-17-7-11/h1-7H,8H2,(H2,16,20)(H,18,19). The van der Waals surface area contributed by atoms with Crippen LogP contribution >= 0.6 is 12.2 Å². The number of rotatable bonds is 4. The van der Waals surface area contributed by atoms with E-state index in [0.29, 0.717) is 16.7 Å². The number of carbonyl (C=O) groups is 1. The predicted molar refractivity (Wildman–Crippen MR) is 77.7 cm³/mol. The van der Waals surface area contributed by atoms with Crippen molar-refractivity contribution in [3.8, 4) is 0 Å². The lowest BCUT2D eigenvalue weighted by Gasteiger charge is -2.07.